The summed E-state index contributed by atoms with van der Waals surface area (Å²) in [5, 5.41) is 3.07. The lowest BCUT2D eigenvalue weighted by atomic mass is 9.97. The topological polar surface area (TPSA) is 61.4 Å². The molecule has 3 rings (SSSR count). The van der Waals surface area contributed by atoms with Gasteiger partial charge in [0.25, 0.3) is 0 Å². The van der Waals surface area contributed by atoms with E-state index in [-0.39, 0.29) is 11.8 Å². The van der Waals surface area contributed by atoms with Crippen LogP contribution < -0.4 is 15.1 Å². The Balaban J connectivity index is 1.61. The first-order valence-electron chi connectivity index (χ1n) is 9.78. The fraction of sp³-hybridized carbons (Fsp3) is 0.476. The second-order valence-corrected chi connectivity index (χ2v) is 7.25. The maximum atomic E-state index is 12.7. The Hall–Kier alpha value is -2.63. The van der Waals surface area contributed by atoms with Gasteiger partial charge in [-0.3, -0.25) is 4.79 Å². The van der Waals surface area contributed by atoms with Crippen molar-refractivity contribution in [1.82, 2.24) is 9.97 Å². The van der Waals surface area contributed by atoms with E-state index in [0.29, 0.717) is 18.5 Å². The third kappa shape index (κ3) is 4.76. The summed E-state index contributed by atoms with van der Waals surface area (Å²) in [7, 11) is 0. The summed E-state index contributed by atoms with van der Waals surface area (Å²) in [6.45, 7) is 9.04. The normalized spacial score (nSPS) is 17.0. The van der Waals surface area contributed by atoms with E-state index in [0.717, 1.165) is 31.6 Å². The van der Waals surface area contributed by atoms with Crippen LogP contribution in [-0.4, -0.2) is 41.6 Å². The molecule has 1 saturated heterocycles. The molecule has 2 heterocycles. The maximum absolute atomic E-state index is 12.7. The molecule has 0 radical (unpaired) electrons. The van der Waals surface area contributed by atoms with Gasteiger partial charge >= 0.3 is 0 Å². The van der Waals surface area contributed by atoms with Crippen molar-refractivity contribution in [2.45, 2.75) is 39.7 Å². The average molecular weight is 367 g/mol. The minimum absolute atomic E-state index is 0.0509. The summed E-state index contributed by atoms with van der Waals surface area (Å²) in [4.78, 5) is 25.8. The third-order valence-corrected chi connectivity index (χ3v) is 5.06. The highest BCUT2D eigenvalue weighted by molar-refractivity contribution is 5.93. The number of nitrogens with zero attached hydrogens (tertiary/aromatic N) is 4. The molecule has 27 heavy (non-hydrogen) atoms. The highest BCUT2D eigenvalue weighted by Gasteiger charge is 2.27. The molecule has 1 aliphatic heterocycles. The SMILES string of the molecule is CCN(c1ccc(NC(=O)C2CCCN(c3ncccn3)C2)cc1)C(C)C. The van der Waals surface area contributed by atoms with Crippen molar-refractivity contribution in [3.05, 3.63) is 42.7 Å². The number of amides is 1. The molecule has 1 unspecified atom stereocenters. The van der Waals surface area contributed by atoms with Crippen molar-refractivity contribution >= 4 is 23.2 Å². The molecular weight excluding hydrogens is 338 g/mol. The largest absolute Gasteiger partial charge is 0.369 e. The van der Waals surface area contributed by atoms with Gasteiger partial charge in [0.15, 0.2) is 0 Å². The van der Waals surface area contributed by atoms with Gasteiger partial charge in [-0.1, -0.05) is 0 Å². The minimum atomic E-state index is -0.0509. The number of carbonyl (C=O) groups excluding carboxylic acids is 1. The van der Waals surface area contributed by atoms with Crippen molar-refractivity contribution < 1.29 is 4.79 Å². The predicted octanol–water partition coefficient (Wildman–Crippen LogP) is 3.57. The molecule has 1 amide bonds. The zero-order valence-corrected chi connectivity index (χ0v) is 16.4. The van der Waals surface area contributed by atoms with Crippen LogP contribution >= 0.6 is 0 Å². The number of hydrogen-bond acceptors (Lipinski definition) is 5. The zero-order chi connectivity index (χ0) is 19.2. The third-order valence-electron chi connectivity index (χ3n) is 5.06. The van der Waals surface area contributed by atoms with E-state index in [4.69, 9.17) is 0 Å². The lowest BCUT2D eigenvalue weighted by Crippen LogP contribution is -2.41. The van der Waals surface area contributed by atoms with Crippen LogP contribution in [0.1, 0.15) is 33.6 Å². The lowest BCUT2D eigenvalue weighted by molar-refractivity contribution is -0.120. The van der Waals surface area contributed by atoms with E-state index in [9.17, 15) is 4.79 Å². The first-order valence-corrected chi connectivity index (χ1v) is 9.78. The van der Waals surface area contributed by atoms with E-state index < -0.39 is 0 Å². The number of carbonyl (C=O) groups is 1. The standard InChI is InChI=1S/C21H29N5O/c1-4-26(16(2)3)19-10-8-18(9-11-19)24-20(27)17-7-5-14-25(15-17)21-22-12-6-13-23-21/h6,8-13,16-17H,4-5,7,14-15H2,1-3H3,(H,24,27). The zero-order valence-electron chi connectivity index (χ0n) is 16.4. The quantitative estimate of drug-likeness (QED) is 0.846. The Kier molecular flexibility index (Phi) is 6.27. The molecule has 1 N–H and O–H groups in total. The average Bonchev–Trinajstić information content (AvgIpc) is 2.70. The van der Waals surface area contributed by atoms with Crippen LogP contribution in [0.3, 0.4) is 0 Å². The predicted molar refractivity (Wildman–Crippen MR) is 110 cm³/mol. The van der Waals surface area contributed by atoms with Gasteiger partial charge < -0.3 is 15.1 Å². The Bertz CT molecular complexity index is 732. The van der Waals surface area contributed by atoms with E-state index in [1.54, 1.807) is 18.5 Å². The van der Waals surface area contributed by atoms with Gasteiger partial charge in [-0.05, 0) is 63.9 Å². The van der Waals surface area contributed by atoms with E-state index >= 15 is 0 Å². The molecule has 1 aromatic heterocycles. The van der Waals surface area contributed by atoms with Gasteiger partial charge in [-0.25, -0.2) is 9.97 Å². The Morgan fingerprint density at radius 2 is 1.96 bits per heavy atom. The number of aromatic nitrogens is 2. The summed E-state index contributed by atoms with van der Waals surface area (Å²) in [6.07, 6.45) is 5.34. The van der Waals surface area contributed by atoms with Crippen LogP contribution in [0.25, 0.3) is 0 Å². The van der Waals surface area contributed by atoms with E-state index in [1.807, 2.05) is 12.1 Å². The first-order chi connectivity index (χ1) is 13.1. The molecule has 0 spiro atoms. The fourth-order valence-electron chi connectivity index (χ4n) is 3.65. The number of hydrogen-bond donors (Lipinski definition) is 1. The van der Waals surface area contributed by atoms with Crippen LogP contribution in [0.15, 0.2) is 42.7 Å². The lowest BCUT2D eigenvalue weighted by Gasteiger charge is -2.32. The van der Waals surface area contributed by atoms with Crippen molar-refractivity contribution in [3.63, 3.8) is 0 Å². The molecule has 6 nitrogen and oxygen atoms in total. The molecule has 1 atom stereocenters. The Morgan fingerprint density at radius 1 is 1.26 bits per heavy atom. The van der Waals surface area contributed by atoms with Crippen LogP contribution in [0.2, 0.25) is 0 Å². The summed E-state index contributed by atoms with van der Waals surface area (Å²) >= 11 is 0. The minimum Gasteiger partial charge on any atom is -0.369 e. The van der Waals surface area contributed by atoms with Gasteiger partial charge in [-0.15, -0.1) is 0 Å². The second kappa shape index (κ2) is 8.84. The molecule has 2 aromatic rings. The van der Waals surface area contributed by atoms with E-state index in [1.165, 1.54) is 5.69 Å². The van der Waals surface area contributed by atoms with Crippen molar-refractivity contribution in [1.29, 1.82) is 0 Å². The number of anilines is 3. The fourth-order valence-corrected chi connectivity index (χ4v) is 3.65. The van der Waals surface area contributed by atoms with Crippen molar-refractivity contribution in [2.75, 3.05) is 34.8 Å². The van der Waals surface area contributed by atoms with Gasteiger partial charge in [0.2, 0.25) is 11.9 Å². The molecule has 1 aliphatic rings. The molecule has 144 valence electrons. The van der Waals surface area contributed by atoms with Crippen LogP contribution in [0.4, 0.5) is 17.3 Å². The molecule has 0 aliphatic carbocycles. The summed E-state index contributed by atoms with van der Waals surface area (Å²) in [5.74, 6) is 0.720. The highest BCUT2D eigenvalue weighted by Crippen LogP contribution is 2.23. The number of nitrogens with one attached hydrogen (secondary N) is 1. The molecular formula is C21H29N5O. The molecule has 0 bridgehead atoms. The van der Waals surface area contributed by atoms with Crippen LogP contribution in [0.5, 0.6) is 0 Å². The summed E-state index contributed by atoms with van der Waals surface area (Å²) in [5.41, 5.74) is 2.02. The monoisotopic (exact) mass is 367 g/mol. The summed E-state index contributed by atoms with van der Waals surface area (Å²) in [6, 6.07) is 10.4. The van der Waals surface area contributed by atoms with Gasteiger partial charge in [-0.2, -0.15) is 0 Å². The van der Waals surface area contributed by atoms with Gasteiger partial charge in [0, 0.05) is 49.4 Å². The smallest absolute Gasteiger partial charge is 0.229 e. The maximum Gasteiger partial charge on any atom is 0.229 e. The first kappa shape index (κ1) is 19.1. The molecule has 6 heteroatoms. The number of piperidine rings is 1. The second-order valence-electron chi connectivity index (χ2n) is 7.25. The molecule has 0 saturated carbocycles. The molecule has 1 fully saturated rings. The summed E-state index contributed by atoms with van der Waals surface area (Å²) < 4.78 is 0. The van der Waals surface area contributed by atoms with Crippen molar-refractivity contribution in [2.24, 2.45) is 5.92 Å². The van der Waals surface area contributed by atoms with Crippen LogP contribution in [-0.2, 0) is 4.79 Å². The number of rotatable bonds is 6. The van der Waals surface area contributed by atoms with Gasteiger partial charge in [0.1, 0.15) is 0 Å². The van der Waals surface area contributed by atoms with Gasteiger partial charge in [0.05, 0.1) is 5.92 Å². The van der Waals surface area contributed by atoms with E-state index in [2.05, 4.69) is 58.0 Å². The Labute approximate surface area is 161 Å². The highest BCUT2D eigenvalue weighted by atomic mass is 16.1. The van der Waals surface area contributed by atoms with Crippen molar-refractivity contribution in [3.8, 4) is 0 Å². The molecule has 1 aromatic carbocycles. The van der Waals surface area contributed by atoms with Crippen LogP contribution in [0, 0.1) is 5.92 Å². The number of benzene rings is 1. The Morgan fingerprint density at radius 3 is 2.59 bits per heavy atom.